The summed E-state index contributed by atoms with van der Waals surface area (Å²) in [6.45, 7) is 1.77. The molecule has 0 bridgehead atoms. The third kappa shape index (κ3) is 3.41. The molecule has 0 aliphatic carbocycles. The van der Waals surface area contributed by atoms with Crippen molar-refractivity contribution in [3.8, 4) is 5.75 Å². The summed E-state index contributed by atoms with van der Waals surface area (Å²) >= 11 is 0. The maximum absolute atomic E-state index is 12.3. The molecule has 114 valence electrons. The molecule has 6 heteroatoms. The Hall–Kier alpha value is -2.89. The molecular weight excluding hydrogens is 284 g/mol. The van der Waals surface area contributed by atoms with Gasteiger partial charge in [0.2, 0.25) is 5.91 Å². The van der Waals surface area contributed by atoms with Crippen molar-refractivity contribution in [3.63, 3.8) is 0 Å². The molecule has 0 aliphatic rings. The second-order valence-corrected chi connectivity index (χ2v) is 4.76. The van der Waals surface area contributed by atoms with Crippen LogP contribution in [0.4, 0.5) is 11.4 Å². The van der Waals surface area contributed by atoms with Gasteiger partial charge in [-0.25, -0.2) is 0 Å². The van der Waals surface area contributed by atoms with Gasteiger partial charge in [-0.3, -0.25) is 14.9 Å². The molecule has 0 heterocycles. The van der Waals surface area contributed by atoms with Gasteiger partial charge < -0.3 is 10.1 Å². The minimum atomic E-state index is -0.518. The van der Waals surface area contributed by atoms with Gasteiger partial charge in [0.15, 0.2) is 0 Å². The Morgan fingerprint density at radius 3 is 2.50 bits per heavy atom. The van der Waals surface area contributed by atoms with E-state index in [1.54, 1.807) is 6.92 Å². The van der Waals surface area contributed by atoms with Crippen LogP contribution in [-0.2, 0) is 4.79 Å². The summed E-state index contributed by atoms with van der Waals surface area (Å²) in [4.78, 5) is 22.7. The fraction of sp³-hybridized carbons (Fsp3) is 0.188. The summed E-state index contributed by atoms with van der Waals surface area (Å²) in [5.74, 6) is -0.269. The molecule has 1 atom stereocenters. The van der Waals surface area contributed by atoms with Crippen molar-refractivity contribution >= 4 is 17.3 Å². The highest BCUT2D eigenvalue weighted by Crippen LogP contribution is 2.30. The minimum absolute atomic E-state index is 0.108. The number of nitro benzene ring substituents is 1. The first-order valence-electron chi connectivity index (χ1n) is 6.71. The van der Waals surface area contributed by atoms with Crippen molar-refractivity contribution in [2.45, 2.75) is 12.8 Å². The summed E-state index contributed by atoms with van der Waals surface area (Å²) in [6, 6.07) is 13.4. The predicted octanol–water partition coefficient (Wildman–Crippen LogP) is 3.35. The van der Waals surface area contributed by atoms with Crippen molar-refractivity contribution in [1.29, 1.82) is 0 Å². The lowest BCUT2D eigenvalue weighted by Gasteiger charge is -2.14. The van der Waals surface area contributed by atoms with Crippen LogP contribution in [0, 0.1) is 10.1 Å². The molecule has 1 amide bonds. The molecule has 0 radical (unpaired) electrons. The van der Waals surface area contributed by atoms with Crippen molar-refractivity contribution in [2.75, 3.05) is 12.4 Å². The quantitative estimate of drug-likeness (QED) is 0.678. The number of hydrogen-bond donors (Lipinski definition) is 1. The van der Waals surface area contributed by atoms with Gasteiger partial charge in [0, 0.05) is 12.1 Å². The third-order valence-corrected chi connectivity index (χ3v) is 3.34. The Bertz CT molecular complexity index is 686. The normalized spacial score (nSPS) is 11.5. The lowest BCUT2D eigenvalue weighted by molar-refractivity contribution is -0.384. The fourth-order valence-electron chi connectivity index (χ4n) is 2.04. The largest absolute Gasteiger partial charge is 0.495 e. The molecular formula is C16H16N2O4. The van der Waals surface area contributed by atoms with E-state index in [0.29, 0.717) is 5.75 Å². The summed E-state index contributed by atoms with van der Waals surface area (Å²) in [5, 5.41) is 13.5. The number of nitro groups is 1. The molecule has 0 aliphatic heterocycles. The van der Waals surface area contributed by atoms with Gasteiger partial charge in [0.1, 0.15) is 5.75 Å². The van der Waals surface area contributed by atoms with E-state index in [9.17, 15) is 14.9 Å². The van der Waals surface area contributed by atoms with Crippen LogP contribution < -0.4 is 10.1 Å². The molecule has 0 unspecified atom stereocenters. The molecule has 0 saturated carbocycles. The summed E-state index contributed by atoms with van der Waals surface area (Å²) in [5.41, 5.74) is 1.04. The summed E-state index contributed by atoms with van der Waals surface area (Å²) < 4.78 is 5.13. The molecule has 6 nitrogen and oxygen atoms in total. The highest BCUT2D eigenvalue weighted by atomic mass is 16.6. The van der Waals surface area contributed by atoms with E-state index in [0.717, 1.165) is 5.56 Å². The van der Waals surface area contributed by atoms with Crippen LogP contribution in [0.15, 0.2) is 48.5 Å². The van der Waals surface area contributed by atoms with Crippen molar-refractivity contribution in [2.24, 2.45) is 0 Å². The number of hydrogen-bond acceptors (Lipinski definition) is 4. The number of anilines is 1. The SMILES string of the molecule is COc1ccc([N+](=O)[O-])cc1NC(=O)[C@H](C)c1ccccc1. The number of rotatable bonds is 5. The van der Waals surface area contributed by atoms with Gasteiger partial charge in [0.05, 0.1) is 23.6 Å². The number of ether oxygens (including phenoxy) is 1. The number of amides is 1. The number of nitrogens with one attached hydrogen (secondary N) is 1. The standard InChI is InChI=1S/C16H16N2O4/c1-11(12-6-4-3-5-7-12)16(19)17-14-10-13(18(20)21)8-9-15(14)22-2/h3-11H,1-2H3,(H,17,19)/t11-/m1/s1. The van der Waals surface area contributed by atoms with Crippen LogP contribution in [0.2, 0.25) is 0 Å². The van der Waals surface area contributed by atoms with Crippen LogP contribution in [0.1, 0.15) is 18.4 Å². The Morgan fingerprint density at radius 1 is 1.23 bits per heavy atom. The smallest absolute Gasteiger partial charge is 0.271 e. The first-order chi connectivity index (χ1) is 10.5. The van der Waals surface area contributed by atoms with E-state index in [-0.39, 0.29) is 23.2 Å². The number of methoxy groups -OCH3 is 1. The van der Waals surface area contributed by atoms with Crippen LogP contribution >= 0.6 is 0 Å². The Labute approximate surface area is 127 Å². The minimum Gasteiger partial charge on any atom is -0.495 e. The number of benzene rings is 2. The Kier molecular flexibility index (Phi) is 4.73. The highest BCUT2D eigenvalue weighted by Gasteiger charge is 2.18. The molecule has 1 N–H and O–H groups in total. The Morgan fingerprint density at radius 2 is 1.91 bits per heavy atom. The van der Waals surface area contributed by atoms with E-state index in [2.05, 4.69) is 5.32 Å². The molecule has 2 aromatic carbocycles. The molecule has 0 saturated heterocycles. The lowest BCUT2D eigenvalue weighted by atomic mass is 10.0. The number of non-ortho nitro benzene ring substituents is 1. The predicted molar refractivity (Wildman–Crippen MR) is 83.1 cm³/mol. The number of carbonyl (C=O) groups excluding carboxylic acids is 1. The van der Waals surface area contributed by atoms with Gasteiger partial charge in [-0.15, -0.1) is 0 Å². The summed E-state index contributed by atoms with van der Waals surface area (Å²) in [7, 11) is 1.44. The average molecular weight is 300 g/mol. The van der Waals surface area contributed by atoms with Gasteiger partial charge in [-0.2, -0.15) is 0 Å². The van der Waals surface area contributed by atoms with E-state index in [1.165, 1.54) is 25.3 Å². The van der Waals surface area contributed by atoms with Crippen molar-refractivity contribution < 1.29 is 14.5 Å². The first-order valence-corrected chi connectivity index (χ1v) is 6.71. The molecule has 0 fully saturated rings. The Balaban J connectivity index is 2.24. The highest BCUT2D eigenvalue weighted by molar-refractivity contribution is 5.97. The lowest BCUT2D eigenvalue weighted by Crippen LogP contribution is -2.19. The van der Waals surface area contributed by atoms with E-state index in [4.69, 9.17) is 4.74 Å². The van der Waals surface area contributed by atoms with Gasteiger partial charge in [-0.05, 0) is 18.6 Å². The zero-order valence-corrected chi connectivity index (χ0v) is 12.3. The van der Waals surface area contributed by atoms with Crippen LogP contribution in [-0.4, -0.2) is 17.9 Å². The van der Waals surface area contributed by atoms with Crippen molar-refractivity contribution in [3.05, 3.63) is 64.2 Å². The monoisotopic (exact) mass is 300 g/mol. The molecule has 0 spiro atoms. The van der Waals surface area contributed by atoms with Gasteiger partial charge in [-0.1, -0.05) is 30.3 Å². The van der Waals surface area contributed by atoms with Crippen LogP contribution in [0.3, 0.4) is 0 Å². The molecule has 0 aromatic heterocycles. The van der Waals surface area contributed by atoms with Gasteiger partial charge >= 0.3 is 0 Å². The summed E-state index contributed by atoms with van der Waals surface area (Å²) in [6.07, 6.45) is 0. The second kappa shape index (κ2) is 6.71. The average Bonchev–Trinajstić information content (AvgIpc) is 2.54. The van der Waals surface area contributed by atoms with E-state index >= 15 is 0 Å². The number of nitrogens with zero attached hydrogens (tertiary/aromatic N) is 1. The van der Waals surface area contributed by atoms with Gasteiger partial charge in [0.25, 0.3) is 5.69 Å². The molecule has 22 heavy (non-hydrogen) atoms. The van der Waals surface area contributed by atoms with E-state index in [1.807, 2.05) is 30.3 Å². The molecule has 2 aromatic rings. The zero-order chi connectivity index (χ0) is 16.1. The van der Waals surface area contributed by atoms with Crippen LogP contribution in [0.5, 0.6) is 5.75 Å². The number of carbonyl (C=O) groups is 1. The maximum atomic E-state index is 12.3. The first kappa shape index (κ1) is 15.5. The van der Waals surface area contributed by atoms with Crippen molar-refractivity contribution in [1.82, 2.24) is 0 Å². The fourth-order valence-corrected chi connectivity index (χ4v) is 2.04. The van der Waals surface area contributed by atoms with Crippen LogP contribution in [0.25, 0.3) is 0 Å². The van der Waals surface area contributed by atoms with E-state index < -0.39 is 4.92 Å². The molecule has 2 rings (SSSR count). The zero-order valence-electron chi connectivity index (χ0n) is 12.3. The third-order valence-electron chi connectivity index (χ3n) is 3.34. The topological polar surface area (TPSA) is 81.5 Å². The second-order valence-electron chi connectivity index (χ2n) is 4.76. The maximum Gasteiger partial charge on any atom is 0.271 e.